The third kappa shape index (κ3) is 4.65. The summed E-state index contributed by atoms with van der Waals surface area (Å²) in [5, 5.41) is 6.67. The second-order valence-corrected chi connectivity index (χ2v) is 5.93. The Morgan fingerprint density at radius 3 is 2.80 bits per heavy atom. The molecule has 3 aromatic rings. The maximum Gasteiger partial charge on any atom is 0.274 e. The van der Waals surface area contributed by atoms with Crippen LogP contribution in [0.4, 0.5) is 11.5 Å². The number of nitrogens with one attached hydrogen (secondary N) is 2. The van der Waals surface area contributed by atoms with Crippen molar-refractivity contribution in [1.82, 2.24) is 15.0 Å². The minimum absolute atomic E-state index is 0.208. The van der Waals surface area contributed by atoms with Crippen molar-refractivity contribution >= 4 is 40.6 Å². The van der Waals surface area contributed by atoms with E-state index in [1.807, 2.05) is 12.1 Å². The van der Waals surface area contributed by atoms with E-state index in [0.29, 0.717) is 28.1 Å². The van der Waals surface area contributed by atoms with Crippen molar-refractivity contribution in [2.24, 2.45) is 0 Å². The molecule has 0 spiro atoms. The molecule has 1 amide bonds. The van der Waals surface area contributed by atoms with Gasteiger partial charge in [0.1, 0.15) is 17.8 Å². The number of benzene rings is 1. The van der Waals surface area contributed by atoms with E-state index < -0.39 is 5.91 Å². The number of rotatable bonds is 5. The third-order valence-corrected chi connectivity index (χ3v) is 3.84. The van der Waals surface area contributed by atoms with Crippen LogP contribution in [0.5, 0.6) is 0 Å². The third-order valence-electron chi connectivity index (χ3n) is 3.27. The molecule has 126 valence electrons. The summed E-state index contributed by atoms with van der Waals surface area (Å²) in [5.41, 5.74) is 1.63. The normalized spacial score (nSPS) is 10.3. The molecule has 0 radical (unpaired) electrons. The lowest BCUT2D eigenvalue weighted by Crippen LogP contribution is -2.15. The van der Waals surface area contributed by atoms with E-state index in [4.69, 9.17) is 23.2 Å². The van der Waals surface area contributed by atoms with Crippen LogP contribution in [0.1, 0.15) is 16.1 Å². The highest BCUT2D eigenvalue weighted by atomic mass is 35.5. The topological polar surface area (TPSA) is 79.8 Å². The average Bonchev–Trinajstić information content (AvgIpc) is 2.64. The summed E-state index contributed by atoms with van der Waals surface area (Å²) in [5.74, 6) is 0.122. The van der Waals surface area contributed by atoms with Crippen LogP contribution in [-0.4, -0.2) is 20.9 Å². The molecule has 0 bridgehead atoms. The van der Waals surface area contributed by atoms with Crippen LogP contribution in [-0.2, 0) is 6.54 Å². The van der Waals surface area contributed by atoms with Gasteiger partial charge in [0.05, 0.1) is 10.7 Å². The Hall–Kier alpha value is -2.70. The molecule has 2 aromatic heterocycles. The van der Waals surface area contributed by atoms with E-state index >= 15 is 0 Å². The first-order valence-corrected chi connectivity index (χ1v) is 8.08. The van der Waals surface area contributed by atoms with E-state index in [2.05, 4.69) is 25.6 Å². The van der Waals surface area contributed by atoms with Gasteiger partial charge in [0, 0.05) is 30.0 Å². The number of carbonyl (C=O) groups excluding carboxylic acids is 1. The molecule has 0 aliphatic carbocycles. The molecule has 0 saturated heterocycles. The van der Waals surface area contributed by atoms with Crippen molar-refractivity contribution in [2.45, 2.75) is 6.54 Å². The number of anilines is 2. The van der Waals surface area contributed by atoms with Gasteiger partial charge in [0.2, 0.25) is 0 Å². The zero-order chi connectivity index (χ0) is 17.6. The second-order valence-electron chi connectivity index (χ2n) is 5.08. The Bertz CT molecular complexity index is 889. The maximum atomic E-state index is 12.4. The lowest BCUT2D eigenvalue weighted by Gasteiger charge is -2.09. The molecule has 1 aromatic carbocycles. The van der Waals surface area contributed by atoms with Gasteiger partial charge >= 0.3 is 0 Å². The molecule has 0 fully saturated rings. The minimum Gasteiger partial charge on any atom is -0.366 e. The average molecular weight is 374 g/mol. The standard InChI is InChI=1S/C17H13Cl2N5O/c18-12-3-4-13(19)14(6-12)24-17(25)15-7-16(23-10-22-15)21-9-11-2-1-5-20-8-11/h1-8,10H,9H2,(H,24,25)(H,21,22,23). The molecule has 0 aliphatic heterocycles. The largest absolute Gasteiger partial charge is 0.366 e. The molecule has 0 unspecified atom stereocenters. The Labute approximate surface area is 154 Å². The first kappa shape index (κ1) is 17.1. The van der Waals surface area contributed by atoms with E-state index in [-0.39, 0.29) is 5.69 Å². The lowest BCUT2D eigenvalue weighted by molar-refractivity contribution is 0.102. The zero-order valence-corrected chi connectivity index (χ0v) is 14.4. The fraction of sp³-hybridized carbons (Fsp3) is 0.0588. The van der Waals surface area contributed by atoms with Crippen LogP contribution in [0.2, 0.25) is 10.0 Å². The number of nitrogens with zero attached hydrogens (tertiary/aromatic N) is 3. The van der Waals surface area contributed by atoms with E-state index in [0.717, 1.165) is 5.56 Å². The van der Waals surface area contributed by atoms with Gasteiger partial charge in [-0.25, -0.2) is 9.97 Å². The fourth-order valence-electron chi connectivity index (χ4n) is 2.05. The number of amides is 1. The number of carbonyl (C=O) groups is 1. The predicted molar refractivity (Wildman–Crippen MR) is 98.0 cm³/mol. The molecular weight excluding hydrogens is 361 g/mol. The smallest absolute Gasteiger partial charge is 0.274 e. The Morgan fingerprint density at radius 1 is 1.12 bits per heavy atom. The molecule has 6 nitrogen and oxygen atoms in total. The number of hydrogen-bond donors (Lipinski definition) is 2. The molecule has 2 N–H and O–H groups in total. The highest BCUT2D eigenvalue weighted by molar-refractivity contribution is 6.35. The Morgan fingerprint density at radius 2 is 2.00 bits per heavy atom. The van der Waals surface area contributed by atoms with Crippen LogP contribution in [0.25, 0.3) is 0 Å². The summed E-state index contributed by atoms with van der Waals surface area (Å²) in [6.07, 6.45) is 4.78. The number of pyridine rings is 1. The molecule has 25 heavy (non-hydrogen) atoms. The van der Waals surface area contributed by atoms with E-state index in [9.17, 15) is 4.79 Å². The number of hydrogen-bond acceptors (Lipinski definition) is 5. The zero-order valence-electron chi connectivity index (χ0n) is 12.9. The van der Waals surface area contributed by atoms with Gasteiger partial charge in [-0.1, -0.05) is 29.3 Å². The molecule has 0 atom stereocenters. The van der Waals surface area contributed by atoms with Gasteiger partial charge in [-0.05, 0) is 29.8 Å². The first-order chi connectivity index (χ1) is 12.1. The fourth-order valence-corrected chi connectivity index (χ4v) is 2.39. The van der Waals surface area contributed by atoms with Crippen molar-refractivity contribution in [3.05, 3.63) is 76.4 Å². The van der Waals surface area contributed by atoms with Crippen molar-refractivity contribution in [3.8, 4) is 0 Å². The maximum absolute atomic E-state index is 12.4. The van der Waals surface area contributed by atoms with Crippen LogP contribution in [0.15, 0.2) is 55.1 Å². The minimum atomic E-state index is -0.406. The van der Waals surface area contributed by atoms with Gasteiger partial charge in [-0.3, -0.25) is 9.78 Å². The van der Waals surface area contributed by atoms with Crippen LogP contribution in [0.3, 0.4) is 0 Å². The molecule has 3 rings (SSSR count). The predicted octanol–water partition coefficient (Wildman–Crippen LogP) is 4.04. The second kappa shape index (κ2) is 7.92. The van der Waals surface area contributed by atoms with Gasteiger partial charge < -0.3 is 10.6 Å². The SMILES string of the molecule is O=C(Nc1cc(Cl)ccc1Cl)c1cc(NCc2cccnc2)ncn1. The van der Waals surface area contributed by atoms with Crippen LogP contribution < -0.4 is 10.6 Å². The number of halogens is 2. The van der Waals surface area contributed by atoms with E-state index in [1.165, 1.54) is 6.33 Å². The highest BCUT2D eigenvalue weighted by Gasteiger charge is 2.11. The van der Waals surface area contributed by atoms with Crippen LogP contribution >= 0.6 is 23.2 Å². The Balaban J connectivity index is 1.70. The summed E-state index contributed by atoms with van der Waals surface area (Å²) in [6.45, 7) is 0.534. The summed E-state index contributed by atoms with van der Waals surface area (Å²) < 4.78 is 0. The monoisotopic (exact) mass is 373 g/mol. The molecule has 0 aliphatic rings. The highest BCUT2D eigenvalue weighted by Crippen LogP contribution is 2.25. The van der Waals surface area contributed by atoms with Gasteiger partial charge in [-0.2, -0.15) is 0 Å². The summed E-state index contributed by atoms with van der Waals surface area (Å²) in [4.78, 5) is 24.5. The molecule has 8 heteroatoms. The molecule has 0 saturated carbocycles. The van der Waals surface area contributed by atoms with E-state index in [1.54, 1.807) is 36.7 Å². The van der Waals surface area contributed by atoms with Gasteiger partial charge in [-0.15, -0.1) is 0 Å². The first-order valence-electron chi connectivity index (χ1n) is 7.33. The van der Waals surface area contributed by atoms with Gasteiger partial charge in [0.15, 0.2) is 0 Å². The van der Waals surface area contributed by atoms with Crippen molar-refractivity contribution in [1.29, 1.82) is 0 Å². The lowest BCUT2D eigenvalue weighted by atomic mass is 10.3. The molecule has 2 heterocycles. The van der Waals surface area contributed by atoms with Gasteiger partial charge in [0.25, 0.3) is 5.91 Å². The van der Waals surface area contributed by atoms with Crippen molar-refractivity contribution in [3.63, 3.8) is 0 Å². The van der Waals surface area contributed by atoms with Crippen molar-refractivity contribution < 1.29 is 4.79 Å². The summed E-state index contributed by atoms with van der Waals surface area (Å²) >= 11 is 12.0. The van der Waals surface area contributed by atoms with Crippen molar-refractivity contribution in [2.75, 3.05) is 10.6 Å². The number of aromatic nitrogens is 3. The Kier molecular flexibility index (Phi) is 5.42. The molecular formula is C17H13Cl2N5O. The summed E-state index contributed by atoms with van der Waals surface area (Å²) in [6, 6.07) is 10.2. The summed E-state index contributed by atoms with van der Waals surface area (Å²) in [7, 11) is 0. The quantitative estimate of drug-likeness (QED) is 0.705. The van der Waals surface area contributed by atoms with Crippen LogP contribution in [0, 0.1) is 0 Å².